The molecule has 1 aromatic heterocycles. The number of amides is 2. The fourth-order valence-electron chi connectivity index (χ4n) is 2.94. The fourth-order valence-corrected chi connectivity index (χ4v) is 2.94. The maximum atomic E-state index is 12.3. The monoisotopic (exact) mass is 392 g/mol. The summed E-state index contributed by atoms with van der Waals surface area (Å²) in [6.45, 7) is 4.75. The number of rotatable bonds is 6. The van der Waals surface area contributed by atoms with Gasteiger partial charge in [0.1, 0.15) is 0 Å². The molecule has 9 heteroatoms. The molecule has 1 aliphatic rings. The smallest absolute Gasteiger partial charge is 0.273 e. The number of hydrogen-bond acceptors (Lipinski definition) is 5. The number of hydrogen-bond donors (Lipinski definition) is 3. The lowest BCUT2D eigenvalue weighted by Crippen LogP contribution is -2.29. The van der Waals surface area contributed by atoms with E-state index < -0.39 is 0 Å². The van der Waals surface area contributed by atoms with Gasteiger partial charge in [0.25, 0.3) is 11.8 Å². The van der Waals surface area contributed by atoms with Crippen LogP contribution in [-0.2, 0) is 6.54 Å². The number of carbonyl (C=O) groups is 2. The average Bonchev–Trinajstić information content (AvgIpc) is 3.18. The van der Waals surface area contributed by atoms with E-state index in [-0.39, 0.29) is 24.2 Å². The molecule has 3 rings (SSSR count). The number of halogens is 1. The van der Waals surface area contributed by atoms with Crippen LogP contribution in [0, 0.1) is 0 Å². The van der Waals surface area contributed by atoms with E-state index in [1.807, 2.05) is 19.1 Å². The minimum Gasteiger partial charge on any atom is -0.352 e. The van der Waals surface area contributed by atoms with Gasteiger partial charge in [-0.15, -0.1) is 17.5 Å². The van der Waals surface area contributed by atoms with Gasteiger partial charge in [0.15, 0.2) is 5.69 Å². The SMILES string of the molecule is CCNC(=O)c1ccc(CNC(=O)c2cn(C3CCNCC3)nn2)cc1.Cl. The molecule has 0 spiro atoms. The van der Waals surface area contributed by atoms with Crippen molar-refractivity contribution < 1.29 is 9.59 Å². The van der Waals surface area contributed by atoms with Crippen molar-refractivity contribution in [1.29, 1.82) is 0 Å². The Kier molecular flexibility index (Phi) is 7.75. The topological polar surface area (TPSA) is 101 Å². The Hall–Kier alpha value is -2.45. The Morgan fingerprint density at radius 1 is 1.15 bits per heavy atom. The highest BCUT2D eigenvalue weighted by molar-refractivity contribution is 5.94. The molecule has 1 saturated heterocycles. The van der Waals surface area contributed by atoms with Crippen molar-refractivity contribution in [1.82, 2.24) is 30.9 Å². The first-order valence-electron chi connectivity index (χ1n) is 8.95. The second-order valence-electron chi connectivity index (χ2n) is 6.30. The number of piperidine rings is 1. The Bertz CT molecular complexity index is 755. The highest BCUT2D eigenvalue weighted by Crippen LogP contribution is 2.17. The molecular formula is C18H25ClN6O2. The van der Waals surface area contributed by atoms with Gasteiger partial charge in [0, 0.05) is 18.7 Å². The molecule has 0 radical (unpaired) electrons. The fraction of sp³-hybridized carbons (Fsp3) is 0.444. The summed E-state index contributed by atoms with van der Waals surface area (Å²) < 4.78 is 1.79. The van der Waals surface area contributed by atoms with Gasteiger partial charge in [-0.2, -0.15) is 0 Å². The number of carbonyl (C=O) groups excluding carboxylic acids is 2. The van der Waals surface area contributed by atoms with Gasteiger partial charge < -0.3 is 16.0 Å². The first-order valence-corrected chi connectivity index (χ1v) is 8.95. The number of aromatic nitrogens is 3. The summed E-state index contributed by atoms with van der Waals surface area (Å²) in [7, 11) is 0. The summed E-state index contributed by atoms with van der Waals surface area (Å²) in [4.78, 5) is 24.0. The van der Waals surface area contributed by atoms with E-state index in [1.165, 1.54) is 0 Å². The summed E-state index contributed by atoms with van der Waals surface area (Å²) in [5.74, 6) is -0.351. The van der Waals surface area contributed by atoms with Gasteiger partial charge in [-0.3, -0.25) is 9.59 Å². The van der Waals surface area contributed by atoms with Gasteiger partial charge in [0.2, 0.25) is 0 Å². The molecule has 1 fully saturated rings. The zero-order valence-electron chi connectivity index (χ0n) is 15.3. The van der Waals surface area contributed by atoms with Crippen molar-refractivity contribution in [3.63, 3.8) is 0 Å². The molecule has 0 bridgehead atoms. The summed E-state index contributed by atoms with van der Waals surface area (Å²) >= 11 is 0. The molecular weight excluding hydrogens is 368 g/mol. The van der Waals surface area contributed by atoms with Crippen LogP contribution in [0.5, 0.6) is 0 Å². The Morgan fingerprint density at radius 3 is 2.52 bits per heavy atom. The summed E-state index contributed by atoms with van der Waals surface area (Å²) in [6.07, 6.45) is 3.69. The lowest BCUT2D eigenvalue weighted by molar-refractivity contribution is 0.0940. The third-order valence-electron chi connectivity index (χ3n) is 4.43. The molecule has 0 unspecified atom stereocenters. The minimum atomic E-state index is -0.252. The van der Waals surface area contributed by atoms with Crippen molar-refractivity contribution in [3.05, 3.63) is 47.3 Å². The normalized spacial score (nSPS) is 14.3. The predicted molar refractivity (Wildman–Crippen MR) is 104 cm³/mol. The van der Waals surface area contributed by atoms with Crippen LogP contribution in [0.25, 0.3) is 0 Å². The second kappa shape index (κ2) is 10.0. The van der Waals surface area contributed by atoms with Crippen LogP contribution in [-0.4, -0.2) is 46.4 Å². The third kappa shape index (κ3) is 5.51. The molecule has 2 heterocycles. The van der Waals surface area contributed by atoms with Crippen LogP contribution >= 0.6 is 12.4 Å². The number of benzene rings is 1. The van der Waals surface area contributed by atoms with Crippen molar-refractivity contribution >= 4 is 24.2 Å². The molecule has 3 N–H and O–H groups in total. The average molecular weight is 393 g/mol. The standard InChI is InChI=1S/C18H24N6O2.ClH/c1-2-20-17(25)14-5-3-13(4-6-14)11-21-18(26)16-12-24(23-22-16)15-7-9-19-10-8-15;/h3-6,12,15,19H,2,7-11H2,1H3,(H,20,25)(H,21,26);1H. The molecule has 27 heavy (non-hydrogen) atoms. The molecule has 8 nitrogen and oxygen atoms in total. The lowest BCUT2D eigenvalue weighted by Gasteiger charge is -2.22. The summed E-state index contributed by atoms with van der Waals surface area (Å²) in [5, 5.41) is 17.0. The zero-order chi connectivity index (χ0) is 18.4. The first-order chi connectivity index (χ1) is 12.7. The van der Waals surface area contributed by atoms with Crippen LogP contribution in [0.15, 0.2) is 30.5 Å². The molecule has 2 aromatic rings. The van der Waals surface area contributed by atoms with E-state index in [2.05, 4.69) is 26.3 Å². The van der Waals surface area contributed by atoms with Gasteiger partial charge in [-0.1, -0.05) is 17.3 Å². The van der Waals surface area contributed by atoms with Gasteiger partial charge >= 0.3 is 0 Å². The van der Waals surface area contributed by atoms with E-state index in [4.69, 9.17) is 0 Å². The summed E-state index contributed by atoms with van der Waals surface area (Å²) in [5.41, 5.74) is 1.84. The first kappa shape index (κ1) is 20.9. The maximum absolute atomic E-state index is 12.3. The maximum Gasteiger partial charge on any atom is 0.273 e. The zero-order valence-corrected chi connectivity index (χ0v) is 16.1. The Morgan fingerprint density at radius 2 is 1.85 bits per heavy atom. The Labute approximate surface area is 164 Å². The quantitative estimate of drug-likeness (QED) is 0.688. The third-order valence-corrected chi connectivity index (χ3v) is 4.43. The van der Waals surface area contributed by atoms with E-state index in [0.29, 0.717) is 30.4 Å². The molecule has 0 aliphatic carbocycles. The van der Waals surface area contributed by atoms with Crippen LogP contribution < -0.4 is 16.0 Å². The molecule has 0 atom stereocenters. The highest BCUT2D eigenvalue weighted by atomic mass is 35.5. The van der Waals surface area contributed by atoms with Crippen molar-refractivity contribution in [2.45, 2.75) is 32.4 Å². The van der Waals surface area contributed by atoms with Crippen LogP contribution in [0.2, 0.25) is 0 Å². The van der Waals surface area contributed by atoms with E-state index in [9.17, 15) is 9.59 Å². The molecule has 2 amide bonds. The van der Waals surface area contributed by atoms with Crippen LogP contribution in [0.1, 0.15) is 52.2 Å². The van der Waals surface area contributed by atoms with Crippen LogP contribution in [0.4, 0.5) is 0 Å². The van der Waals surface area contributed by atoms with Crippen LogP contribution in [0.3, 0.4) is 0 Å². The molecule has 146 valence electrons. The predicted octanol–water partition coefficient (Wildman–Crippen LogP) is 1.30. The van der Waals surface area contributed by atoms with E-state index >= 15 is 0 Å². The van der Waals surface area contributed by atoms with E-state index in [0.717, 1.165) is 31.5 Å². The van der Waals surface area contributed by atoms with Crippen molar-refractivity contribution in [3.8, 4) is 0 Å². The second-order valence-corrected chi connectivity index (χ2v) is 6.30. The van der Waals surface area contributed by atoms with Gasteiger partial charge in [-0.25, -0.2) is 4.68 Å². The van der Waals surface area contributed by atoms with Crippen molar-refractivity contribution in [2.24, 2.45) is 0 Å². The highest BCUT2D eigenvalue weighted by Gasteiger charge is 2.18. The summed E-state index contributed by atoms with van der Waals surface area (Å²) in [6, 6.07) is 7.46. The Balaban J connectivity index is 0.00000261. The lowest BCUT2D eigenvalue weighted by atomic mass is 10.1. The van der Waals surface area contributed by atoms with Gasteiger partial charge in [0.05, 0.1) is 12.2 Å². The number of nitrogens with one attached hydrogen (secondary N) is 3. The van der Waals surface area contributed by atoms with E-state index in [1.54, 1.807) is 23.0 Å². The number of nitrogens with zero attached hydrogens (tertiary/aromatic N) is 3. The minimum absolute atomic E-state index is 0. The van der Waals surface area contributed by atoms with Crippen molar-refractivity contribution in [2.75, 3.05) is 19.6 Å². The van der Waals surface area contributed by atoms with Gasteiger partial charge in [-0.05, 0) is 50.6 Å². The molecule has 1 aliphatic heterocycles. The largest absolute Gasteiger partial charge is 0.352 e. The molecule has 0 saturated carbocycles. The molecule has 1 aromatic carbocycles.